The second-order valence-electron chi connectivity index (χ2n) is 7.35. The van der Waals surface area contributed by atoms with E-state index in [1.165, 1.54) is 77.0 Å². The molecule has 0 bridgehead atoms. The highest BCUT2D eigenvalue weighted by Gasteiger charge is 2.19. The molecule has 0 radical (unpaired) electrons. The molecule has 0 aromatic rings. The van der Waals surface area contributed by atoms with Gasteiger partial charge in [-0.25, -0.2) is 0 Å². The number of Topliss-reactive ketones (excluding diaryl/α,β-unsaturated/α-hetero) is 1. The van der Waals surface area contributed by atoms with Crippen LogP contribution in [0.4, 0.5) is 0 Å². The second kappa shape index (κ2) is 15.6. The Kier molecular flexibility index (Phi) is 15.3. The van der Waals surface area contributed by atoms with Gasteiger partial charge in [0, 0.05) is 12.3 Å². The largest absolute Gasteiger partial charge is 0.299 e. The van der Waals surface area contributed by atoms with Crippen LogP contribution in [0.15, 0.2) is 0 Å². The van der Waals surface area contributed by atoms with Crippen molar-refractivity contribution >= 4 is 5.78 Å². The lowest BCUT2D eigenvalue weighted by molar-refractivity contribution is -0.124. The van der Waals surface area contributed by atoms with E-state index in [9.17, 15) is 4.79 Å². The van der Waals surface area contributed by atoms with Crippen molar-refractivity contribution in [3.63, 3.8) is 0 Å². The van der Waals surface area contributed by atoms with Gasteiger partial charge in [-0.05, 0) is 12.3 Å². The van der Waals surface area contributed by atoms with Gasteiger partial charge in [0.05, 0.1) is 0 Å². The molecule has 0 aliphatic carbocycles. The lowest BCUT2D eigenvalue weighted by Crippen LogP contribution is -2.19. The van der Waals surface area contributed by atoms with Crippen molar-refractivity contribution in [2.24, 2.45) is 11.8 Å². The first-order chi connectivity index (χ1) is 10.6. The molecule has 0 heterocycles. The molecule has 0 aliphatic heterocycles. The molecule has 1 atom stereocenters. The van der Waals surface area contributed by atoms with Crippen LogP contribution >= 0.6 is 0 Å². The van der Waals surface area contributed by atoms with Crippen molar-refractivity contribution in [2.75, 3.05) is 0 Å². The zero-order valence-corrected chi connectivity index (χ0v) is 16.0. The highest BCUT2D eigenvalue weighted by molar-refractivity contribution is 5.80. The average molecular weight is 311 g/mol. The van der Waals surface area contributed by atoms with E-state index in [4.69, 9.17) is 0 Å². The third-order valence-corrected chi connectivity index (χ3v) is 4.94. The highest BCUT2D eigenvalue weighted by atomic mass is 16.1. The predicted octanol–water partition coefficient (Wildman–Crippen LogP) is 7.33. The van der Waals surface area contributed by atoms with Crippen LogP contribution in [0.3, 0.4) is 0 Å². The van der Waals surface area contributed by atoms with Crippen molar-refractivity contribution in [3.05, 3.63) is 0 Å². The smallest absolute Gasteiger partial charge is 0.135 e. The summed E-state index contributed by atoms with van der Waals surface area (Å²) in [7, 11) is 0. The fraction of sp³-hybridized carbons (Fsp3) is 0.952. The fourth-order valence-electron chi connectivity index (χ4n) is 3.33. The Morgan fingerprint density at radius 2 is 1.09 bits per heavy atom. The molecule has 0 spiro atoms. The van der Waals surface area contributed by atoms with Gasteiger partial charge in [-0.3, -0.25) is 4.79 Å². The van der Waals surface area contributed by atoms with Gasteiger partial charge >= 0.3 is 0 Å². The summed E-state index contributed by atoms with van der Waals surface area (Å²) in [6, 6.07) is 0. The van der Waals surface area contributed by atoms with Gasteiger partial charge in [0.25, 0.3) is 0 Å². The van der Waals surface area contributed by atoms with Crippen molar-refractivity contribution in [3.8, 4) is 0 Å². The van der Waals surface area contributed by atoms with E-state index in [-0.39, 0.29) is 0 Å². The van der Waals surface area contributed by atoms with Crippen molar-refractivity contribution in [1.29, 1.82) is 0 Å². The molecule has 22 heavy (non-hydrogen) atoms. The molecule has 0 N–H and O–H groups in total. The summed E-state index contributed by atoms with van der Waals surface area (Å²) >= 11 is 0. The predicted molar refractivity (Wildman–Crippen MR) is 99.3 cm³/mol. The normalized spacial score (nSPS) is 12.8. The van der Waals surface area contributed by atoms with Crippen LogP contribution in [-0.4, -0.2) is 5.78 Å². The van der Waals surface area contributed by atoms with Gasteiger partial charge in [-0.2, -0.15) is 0 Å². The lowest BCUT2D eigenvalue weighted by atomic mass is 9.85. The van der Waals surface area contributed by atoms with Gasteiger partial charge in [0.15, 0.2) is 0 Å². The van der Waals surface area contributed by atoms with Gasteiger partial charge in [-0.15, -0.1) is 0 Å². The summed E-state index contributed by atoms with van der Waals surface area (Å²) in [4.78, 5) is 11.9. The molecule has 1 unspecified atom stereocenters. The van der Waals surface area contributed by atoms with Crippen molar-refractivity contribution < 1.29 is 4.79 Å². The number of hydrogen-bond acceptors (Lipinski definition) is 1. The van der Waals surface area contributed by atoms with Crippen molar-refractivity contribution in [1.82, 2.24) is 0 Å². The zero-order valence-electron chi connectivity index (χ0n) is 16.0. The zero-order chi connectivity index (χ0) is 16.6. The van der Waals surface area contributed by atoms with Gasteiger partial charge in [-0.1, -0.05) is 105 Å². The van der Waals surface area contributed by atoms with Crippen LogP contribution in [0.1, 0.15) is 118 Å². The Morgan fingerprint density at radius 1 is 0.682 bits per heavy atom. The van der Waals surface area contributed by atoms with E-state index in [2.05, 4.69) is 20.8 Å². The third-order valence-electron chi connectivity index (χ3n) is 4.94. The molecule has 0 saturated carbocycles. The Morgan fingerprint density at radius 3 is 1.45 bits per heavy atom. The SMILES string of the molecule is CCCCCCCCCCCCCCC(C(=O)CC)C(C)C. The summed E-state index contributed by atoms with van der Waals surface area (Å²) in [5.41, 5.74) is 0. The first-order valence-corrected chi connectivity index (χ1v) is 10.2. The minimum Gasteiger partial charge on any atom is -0.299 e. The number of carbonyl (C=O) groups excluding carboxylic acids is 1. The Labute approximate surface area is 140 Å². The van der Waals surface area contributed by atoms with Crippen LogP contribution < -0.4 is 0 Å². The molecule has 0 fully saturated rings. The van der Waals surface area contributed by atoms with Crippen LogP contribution in [0.2, 0.25) is 0 Å². The van der Waals surface area contributed by atoms with E-state index in [0.29, 0.717) is 24.0 Å². The summed E-state index contributed by atoms with van der Waals surface area (Å²) in [6.45, 7) is 8.67. The van der Waals surface area contributed by atoms with Gasteiger partial charge in [0.1, 0.15) is 5.78 Å². The number of unbranched alkanes of at least 4 members (excludes halogenated alkanes) is 11. The van der Waals surface area contributed by atoms with E-state index < -0.39 is 0 Å². The third kappa shape index (κ3) is 12.2. The molecular weight excluding hydrogens is 268 g/mol. The molecule has 1 nitrogen and oxygen atoms in total. The monoisotopic (exact) mass is 310 g/mol. The summed E-state index contributed by atoms with van der Waals surface area (Å²) in [5, 5.41) is 0. The number of ketones is 1. The summed E-state index contributed by atoms with van der Waals surface area (Å²) in [6.07, 6.45) is 18.5. The van der Waals surface area contributed by atoms with Crippen LogP contribution in [0.25, 0.3) is 0 Å². The lowest BCUT2D eigenvalue weighted by Gasteiger charge is -2.18. The average Bonchev–Trinajstić information content (AvgIpc) is 2.51. The molecular formula is C21H42O. The number of carbonyl (C=O) groups is 1. The minimum atomic E-state index is 0.313. The van der Waals surface area contributed by atoms with Crippen molar-refractivity contribution in [2.45, 2.75) is 118 Å². The Bertz CT molecular complexity index is 244. The summed E-state index contributed by atoms with van der Waals surface area (Å²) in [5.74, 6) is 1.30. The fourth-order valence-corrected chi connectivity index (χ4v) is 3.33. The minimum absolute atomic E-state index is 0.313. The van der Waals surface area contributed by atoms with E-state index in [1.54, 1.807) is 0 Å². The van der Waals surface area contributed by atoms with E-state index >= 15 is 0 Å². The molecule has 132 valence electrons. The first kappa shape index (κ1) is 21.7. The maximum Gasteiger partial charge on any atom is 0.135 e. The van der Waals surface area contributed by atoms with Crippen LogP contribution in [-0.2, 0) is 4.79 Å². The topological polar surface area (TPSA) is 17.1 Å². The Hall–Kier alpha value is -0.330. The second-order valence-corrected chi connectivity index (χ2v) is 7.35. The quantitative estimate of drug-likeness (QED) is 0.273. The molecule has 1 heteroatoms. The molecule has 0 aromatic carbocycles. The molecule has 0 saturated heterocycles. The van der Waals surface area contributed by atoms with E-state index in [1.807, 2.05) is 6.92 Å². The maximum atomic E-state index is 11.9. The molecule has 0 rings (SSSR count). The van der Waals surface area contributed by atoms with E-state index in [0.717, 1.165) is 6.42 Å². The van der Waals surface area contributed by atoms with Crippen LogP contribution in [0, 0.1) is 11.8 Å². The standard InChI is InChI=1S/C21H42O/c1-5-7-8-9-10-11-12-13-14-15-16-17-18-20(19(3)4)21(22)6-2/h19-20H,5-18H2,1-4H3. The molecule has 0 aliphatic rings. The highest BCUT2D eigenvalue weighted by Crippen LogP contribution is 2.22. The van der Waals surface area contributed by atoms with Gasteiger partial charge in [0.2, 0.25) is 0 Å². The molecule has 0 aromatic heterocycles. The number of hydrogen-bond donors (Lipinski definition) is 0. The summed E-state index contributed by atoms with van der Waals surface area (Å²) < 4.78 is 0. The first-order valence-electron chi connectivity index (χ1n) is 10.2. The molecule has 0 amide bonds. The maximum absolute atomic E-state index is 11.9. The van der Waals surface area contributed by atoms with Gasteiger partial charge < -0.3 is 0 Å². The number of rotatable bonds is 16. The Balaban J connectivity index is 3.37. The van der Waals surface area contributed by atoms with Crippen LogP contribution in [0.5, 0.6) is 0 Å².